The fourth-order valence-corrected chi connectivity index (χ4v) is 2.37. The van der Waals surface area contributed by atoms with Gasteiger partial charge in [0.15, 0.2) is 0 Å². The molecule has 1 N–H and O–H groups in total. The van der Waals surface area contributed by atoms with E-state index in [0.29, 0.717) is 6.54 Å². The van der Waals surface area contributed by atoms with Crippen LogP contribution in [-0.2, 0) is 13.6 Å². The predicted octanol–water partition coefficient (Wildman–Crippen LogP) is 3.76. The first-order chi connectivity index (χ1) is 8.06. The normalized spacial score (nSPS) is 10.6. The van der Waals surface area contributed by atoms with Gasteiger partial charge in [-0.25, -0.2) is 0 Å². The Bertz CT molecular complexity index is 537. The summed E-state index contributed by atoms with van der Waals surface area (Å²) in [6, 6.07) is 5.89. The lowest BCUT2D eigenvalue weighted by atomic mass is 10.2. The Labute approximate surface area is 114 Å². The van der Waals surface area contributed by atoms with Gasteiger partial charge in [0, 0.05) is 29.3 Å². The van der Waals surface area contributed by atoms with E-state index in [-0.39, 0.29) is 0 Å². The average molecular weight is 315 g/mol. The largest absolute Gasteiger partial charge is 0.378 e. The summed E-state index contributed by atoms with van der Waals surface area (Å²) in [7, 11) is 1.91. The second kappa shape index (κ2) is 5.10. The molecule has 0 unspecified atom stereocenters. The van der Waals surface area contributed by atoms with Gasteiger partial charge in [-0.2, -0.15) is 5.10 Å². The fraction of sp³-hybridized carbons (Fsp3) is 0.250. The molecule has 0 radical (unpaired) electrons. The number of aromatic nitrogens is 2. The Morgan fingerprint density at radius 3 is 2.82 bits per heavy atom. The Morgan fingerprint density at radius 2 is 2.24 bits per heavy atom. The lowest BCUT2D eigenvalue weighted by Gasteiger charge is -2.07. The van der Waals surface area contributed by atoms with E-state index in [2.05, 4.69) is 26.3 Å². The zero-order valence-corrected chi connectivity index (χ0v) is 12.0. The van der Waals surface area contributed by atoms with Gasteiger partial charge < -0.3 is 5.32 Å². The number of halogens is 2. The van der Waals surface area contributed by atoms with Gasteiger partial charge in [0.2, 0.25) is 0 Å². The lowest BCUT2D eigenvalue weighted by molar-refractivity contribution is 0.756. The molecule has 17 heavy (non-hydrogen) atoms. The lowest BCUT2D eigenvalue weighted by Crippen LogP contribution is -2.00. The van der Waals surface area contributed by atoms with Crippen LogP contribution in [0.1, 0.15) is 11.3 Å². The van der Waals surface area contributed by atoms with Crippen molar-refractivity contribution >= 4 is 33.2 Å². The zero-order chi connectivity index (χ0) is 12.4. The number of aryl methyl sites for hydroxylation is 2. The fourth-order valence-electron chi connectivity index (χ4n) is 1.63. The molecule has 1 aromatic heterocycles. The van der Waals surface area contributed by atoms with Gasteiger partial charge in [-0.3, -0.25) is 4.68 Å². The topological polar surface area (TPSA) is 29.9 Å². The van der Waals surface area contributed by atoms with Gasteiger partial charge in [-0.1, -0.05) is 33.6 Å². The van der Waals surface area contributed by atoms with Gasteiger partial charge in [0.25, 0.3) is 0 Å². The van der Waals surface area contributed by atoms with E-state index in [4.69, 9.17) is 11.6 Å². The molecule has 0 aliphatic rings. The van der Waals surface area contributed by atoms with Gasteiger partial charge >= 0.3 is 0 Å². The molecule has 0 spiro atoms. The van der Waals surface area contributed by atoms with E-state index in [1.54, 1.807) is 4.68 Å². The van der Waals surface area contributed by atoms with Crippen molar-refractivity contribution in [2.75, 3.05) is 5.32 Å². The molecule has 0 saturated heterocycles. The van der Waals surface area contributed by atoms with Crippen molar-refractivity contribution < 1.29 is 0 Å². The van der Waals surface area contributed by atoms with Crippen LogP contribution >= 0.6 is 27.5 Å². The Balaban J connectivity index is 2.10. The second-order valence-electron chi connectivity index (χ2n) is 3.89. The second-order valence-corrected chi connectivity index (χ2v) is 5.21. The molecule has 90 valence electrons. The summed E-state index contributed by atoms with van der Waals surface area (Å²) in [5, 5.41) is 8.36. The summed E-state index contributed by atoms with van der Waals surface area (Å²) in [5.74, 6) is 0. The molecule has 0 aliphatic heterocycles. The van der Waals surface area contributed by atoms with Crippen LogP contribution in [0.5, 0.6) is 0 Å². The summed E-state index contributed by atoms with van der Waals surface area (Å²) in [5.41, 5.74) is 3.09. The third-order valence-electron chi connectivity index (χ3n) is 2.50. The number of nitrogens with one attached hydrogen (secondary N) is 1. The summed E-state index contributed by atoms with van der Waals surface area (Å²) >= 11 is 9.54. The van der Waals surface area contributed by atoms with Crippen molar-refractivity contribution in [3.63, 3.8) is 0 Å². The maximum atomic E-state index is 6.15. The predicted molar refractivity (Wildman–Crippen MR) is 74.4 cm³/mol. The van der Waals surface area contributed by atoms with E-state index >= 15 is 0 Å². The zero-order valence-electron chi connectivity index (χ0n) is 9.67. The van der Waals surface area contributed by atoms with Crippen LogP contribution in [0.3, 0.4) is 0 Å². The molecule has 2 rings (SSSR count). The molecule has 3 nitrogen and oxygen atoms in total. The van der Waals surface area contributed by atoms with Crippen molar-refractivity contribution in [2.45, 2.75) is 13.5 Å². The molecule has 1 heterocycles. The molecular formula is C12H13BrClN3. The van der Waals surface area contributed by atoms with E-state index in [9.17, 15) is 0 Å². The molecule has 5 heteroatoms. The highest BCUT2D eigenvalue weighted by molar-refractivity contribution is 9.10. The van der Waals surface area contributed by atoms with Gasteiger partial charge in [-0.15, -0.1) is 0 Å². The van der Waals surface area contributed by atoms with E-state index < -0.39 is 0 Å². The van der Waals surface area contributed by atoms with Crippen LogP contribution in [0.15, 0.2) is 28.9 Å². The van der Waals surface area contributed by atoms with E-state index in [0.717, 1.165) is 26.4 Å². The molecule has 0 saturated carbocycles. The first-order valence-corrected chi connectivity index (χ1v) is 6.41. The van der Waals surface area contributed by atoms with E-state index in [1.807, 2.05) is 38.4 Å². The van der Waals surface area contributed by atoms with Crippen LogP contribution < -0.4 is 5.32 Å². The summed E-state index contributed by atoms with van der Waals surface area (Å²) in [6.07, 6.45) is 1.96. The molecule has 0 amide bonds. The van der Waals surface area contributed by atoms with Crippen molar-refractivity contribution in [1.29, 1.82) is 0 Å². The first-order valence-electron chi connectivity index (χ1n) is 5.24. The quantitative estimate of drug-likeness (QED) is 0.935. The van der Waals surface area contributed by atoms with Crippen LogP contribution in [0, 0.1) is 6.92 Å². The minimum absolute atomic E-state index is 0.693. The maximum Gasteiger partial charge on any atom is 0.0825 e. The number of hydrogen-bond donors (Lipinski definition) is 1. The highest BCUT2D eigenvalue weighted by Gasteiger charge is 2.04. The summed E-state index contributed by atoms with van der Waals surface area (Å²) in [6.45, 7) is 2.67. The van der Waals surface area contributed by atoms with Crippen LogP contribution in [0.2, 0.25) is 5.02 Å². The molecule has 1 aromatic carbocycles. The standard InChI is InChI=1S/C12H13BrClN3/c1-8-12(7-17(2)16-8)15-6-9-3-4-10(13)5-11(9)14/h3-5,7,15H,6H2,1-2H3. The number of nitrogens with zero attached hydrogens (tertiary/aromatic N) is 2. The minimum Gasteiger partial charge on any atom is -0.378 e. The van der Waals surface area contributed by atoms with Gasteiger partial charge in [0.1, 0.15) is 0 Å². The van der Waals surface area contributed by atoms with Crippen LogP contribution in [0.4, 0.5) is 5.69 Å². The number of rotatable bonds is 3. The van der Waals surface area contributed by atoms with Crippen LogP contribution in [0.25, 0.3) is 0 Å². The van der Waals surface area contributed by atoms with Crippen molar-refractivity contribution in [3.8, 4) is 0 Å². The first kappa shape index (κ1) is 12.5. The summed E-state index contributed by atoms with van der Waals surface area (Å²) < 4.78 is 2.78. The molecular weight excluding hydrogens is 302 g/mol. The highest BCUT2D eigenvalue weighted by Crippen LogP contribution is 2.22. The van der Waals surface area contributed by atoms with Crippen molar-refractivity contribution in [2.24, 2.45) is 7.05 Å². The molecule has 0 fully saturated rings. The SMILES string of the molecule is Cc1nn(C)cc1NCc1ccc(Br)cc1Cl. The summed E-state index contributed by atoms with van der Waals surface area (Å²) in [4.78, 5) is 0. The van der Waals surface area contributed by atoms with Crippen molar-refractivity contribution in [1.82, 2.24) is 9.78 Å². The number of anilines is 1. The Morgan fingerprint density at radius 1 is 1.47 bits per heavy atom. The minimum atomic E-state index is 0.693. The molecule has 2 aromatic rings. The monoisotopic (exact) mass is 313 g/mol. The Kier molecular flexibility index (Phi) is 3.74. The van der Waals surface area contributed by atoms with Crippen molar-refractivity contribution in [3.05, 3.63) is 45.1 Å². The van der Waals surface area contributed by atoms with Gasteiger partial charge in [-0.05, 0) is 24.6 Å². The number of benzene rings is 1. The maximum absolute atomic E-state index is 6.15. The third-order valence-corrected chi connectivity index (χ3v) is 3.34. The molecule has 0 aliphatic carbocycles. The molecule has 0 atom stereocenters. The molecule has 0 bridgehead atoms. The van der Waals surface area contributed by atoms with E-state index in [1.165, 1.54) is 0 Å². The van der Waals surface area contributed by atoms with Gasteiger partial charge in [0.05, 0.1) is 11.4 Å². The highest BCUT2D eigenvalue weighted by atomic mass is 79.9. The smallest absolute Gasteiger partial charge is 0.0825 e. The van der Waals surface area contributed by atoms with Crippen LogP contribution in [-0.4, -0.2) is 9.78 Å². The number of hydrogen-bond acceptors (Lipinski definition) is 2. The Hall–Kier alpha value is -1.000. The average Bonchev–Trinajstić information content (AvgIpc) is 2.56. The third kappa shape index (κ3) is 3.01.